The van der Waals surface area contributed by atoms with E-state index >= 15 is 0 Å². The monoisotopic (exact) mass is 230 g/mol. The molecule has 2 rings (SSSR count). The van der Waals surface area contributed by atoms with E-state index in [-0.39, 0.29) is 11.7 Å². The molecule has 1 heterocycles. The zero-order valence-electron chi connectivity index (χ0n) is 5.84. The van der Waals surface area contributed by atoms with Gasteiger partial charge in [0, 0.05) is 0 Å². The molecule has 1 aromatic heterocycles. The maximum Gasteiger partial charge on any atom is 0.230 e. The number of anilines is 1. The van der Waals surface area contributed by atoms with E-state index in [1.165, 1.54) is 12.1 Å². The van der Waals surface area contributed by atoms with Crippen LogP contribution >= 0.6 is 15.9 Å². The fraction of sp³-hybridized carbons (Fsp3) is 0. The minimum atomic E-state index is -0.377. The van der Waals surface area contributed by atoms with Crippen LogP contribution in [0.25, 0.3) is 10.9 Å². The van der Waals surface area contributed by atoms with Crippen LogP contribution in [-0.2, 0) is 0 Å². The molecule has 5 heteroatoms. The maximum absolute atomic E-state index is 12.9. The molecule has 0 aliphatic rings. The lowest BCUT2D eigenvalue weighted by molar-refractivity contribution is 0.445. The molecule has 62 valence electrons. The van der Waals surface area contributed by atoms with Gasteiger partial charge in [0.2, 0.25) is 5.88 Å². The lowest BCUT2D eigenvalue weighted by atomic mass is 10.2. The predicted molar refractivity (Wildman–Crippen MR) is 46.1 cm³/mol. The van der Waals surface area contributed by atoms with Gasteiger partial charge in [-0.05, 0) is 28.1 Å². The molecule has 0 aliphatic heterocycles. The lowest BCUT2D eigenvalue weighted by Crippen LogP contribution is -1.82. The number of nitrogens with two attached hydrogens (primary N) is 1. The van der Waals surface area contributed by atoms with Gasteiger partial charge in [0.1, 0.15) is 11.3 Å². The molecular weight excluding hydrogens is 227 g/mol. The van der Waals surface area contributed by atoms with Crippen molar-refractivity contribution in [3.8, 4) is 0 Å². The Morgan fingerprint density at radius 1 is 1.50 bits per heavy atom. The number of nitrogen functional groups attached to an aromatic ring is 1. The zero-order valence-corrected chi connectivity index (χ0v) is 7.43. The normalized spacial score (nSPS) is 10.8. The summed E-state index contributed by atoms with van der Waals surface area (Å²) < 4.78 is 17.9. The van der Waals surface area contributed by atoms with E-state index in [9.17, 15) is 4.39 Å². The number of rotatable bonds is 0. The van der Waals surface area contributed by atoms with Crippen LogP contribution in [0.15, 0.2) is 21.1 Å². The largest absolute Gasteiger partial charge is 0.367 e. The molecule has 0 bridgehead atoms. The zero-order chi connectivity index (χ0) is 8.72. The highest BCUT2D eigenvalue weighted by atomic mass is 79.9. The third-order valence-electron chi connectivity index (χ3n) is 1.55. The SMILES string of the molecule is Nc1onc2cc(Br)c(F)cc12. The minimum absolute atomic E-state index is 0.136. The molecule has 0 radical (unpaired) electrons. The van der Waals surface area contributed by atoms with E-state index in [1.54, 1.807) is 0 Å². The number of hydrogen-bond acceptors (Lipinski definition) is 3. The third kappa shape index (κ3) is 0.972. The first kappa shape index (κ1) is 7.54. The van der Waals surface area contributed by atoms with E-state index < -0.39 is 0 Å². The molecule has 12 heavy (non-hydrogen) atoms. The van der Waals surface area contributed by atoms with Crippen molar-refractivity contribution in [2.45, 2.75) is 0 Å². The highest BCUT2D eigenvalue weighted by Crippen LogP contribution is 2.26. The van der Waals surface area contributed by atoms with Crippen LogP contribution in [0.3, 0.4) is 0 Å². The number of benzene rings is 1. The van der Waals surface area contributed by atoms with Crippen molar-refractivity contribution in [3.05, 3.63) is 22.4 Å². The molecule has 0 fully saturated rings. The van der Waals surface area contributed by atoms with E-state index in [4.69, 9.17) is 5.73 Å². The summed E-state index contributed by atoms with van der Waals surface area (Å²) in [4.78, 5) is 0. The average Bonchev–Trinajstić information content (AvgIpc) is 2.35. The number of fused-ring (bicyclic) bond motifs is 1. The molecule has 2 aromatic rings. The Bertz CT molecular complexity index is 440. The smallest absolute Gasteiger partial charge is 0.230 e. The van der Waals surface area contributed by atoms with Crippen LogP contribution in [0, 0.1) is 5.82 Å². The van der Waals surface area contributed by atoms with Gasteiger partial charge in [-0.2, -0.15) is 0 Å². The van der Waals surface area contributed by atoms with Crippen LogP contribution in [0.5, 0.6) is 0 Å². The van der Waals surface area contributed by atoms with Crippen LogP contribution < -0.4 is 5.73 Å². The second-order valence-corrected chi connectivity index (χ2v) is 3.18. The summed E-state index contributed by atoms with van der Waals surface area (Å²) in [6.07, 6.45) is 0. The quantitative estimate of drug-likeness (QED) is 0.756. The Labute approximate surface area is 75.5 Å². The second kappa shape index (κ2) is 2.45. The summed E-state index contributed by atoms with van der Waals surface area (Å²) in [7, 11) is 0. The summed E-state index contributed by atoms with van der Waals surface area (Å²) in [5.41, 5.74) is 5.93. The fourth-order valence-electron chi connectivity index (χ4n) is 0.957. The Morgan fingerprint density at radius 2 is 2.25 bits per heavy atom. The topological polar surface area (TPSA) is 52.0 Å². The van der Waals surface area contributed by atoms with E-state index in [0.29, 0.717) is 15.4 Å². The van der Waals surface area contributed by atoms with Crippen molar-refractivity contribution in [1.29, 1.82) is 0 Å². The van der Waals surface area contributed by atoms with Gasteiger partial charge in [-0.15, -0.1) is 0 Å². The van der Waals surface area contributed by atoms with Crippen LogP contribution in [-0.4, -0.2) is 5.16 Å². The van der Waals surface area contributed by atoms with Crippen molar-refractivity contribution in [2.75, 3.05) is 5.73 Å². The predicted octanol–water partition coefficient (Wildman–Crippen LogP) is 2.31. The van der Waals surface area contributed by atoms with E-state index in [1.807, 2.05) is 0 Å². The molecule has 2 N–H and O–H groups in total. The van der Waals surface area contributed by atoms with Crippen molar-refractivity contribution in [3.63, 3.8) is 0 Å². The van der Waals surface area contributed by atoms with Crippen molar-refractivity contribution < 1.29 is 8.91 Å². The first-order chi connectivity index (χ1) is 5.68. The Balaban J connectivity index is 2.87. The van der Waals surface area contributed by atoms with Gasteiger partial charge in [-0.3, -0.25) is 0 Å². The van der Waals surface area contributed by atoms with Crippen molar-refractivity contribution >= 4 is 32.7 Å². The number of halogens is 2. The third-order valence-corrected chi connectivity index (χ3v) is 2.15. The van der Waals surface area contributed by atoms with Gasteiger partial charge in [0.15, 0.2) is 0 Å². The molecule has 0 aliphatic carbocycles. The molecule has 0 spiro atoms. The molecule has 0 amide bonds. The molecule has 0 saturated carbocycles. The van der Waals surface area contributed by atoms with Crippen LogP contribution in [0.4, 0.5) is 10.3 Å². The standard InChI is InChI=1S/C7H4BrFN2O/c8-4-2-6-3(1-5(4)9)7(10)12-11-6/h1-2H,10H2. The molecule has 0 unspecified atom stereocenters. The maximum atomic E-state index is 12.9. The van der Waals surface area contributed by atoms with Crippen LogP contribution in [0.2, 0.25) is 0 Å². The number of aromatic nitrogens is 1. The first-order valence-corrected chi connectivity index (χ1v) is 3.97. The first-order valence-electron chi connectivity index (χ1n) is 3.18. The molecule has 0 saturated heterocycles. The molecule has 1 aromatic carbocycles. The Hall–Kier alpha value is -1.10. The van der Waals surface area contributed by atoms with Gasteiger partial charge in [-0.25, -0.2) is 4.39 Å². The van der Waals surface area contributed by atoms with E-state index in [0.717, 1.165) is 0 Å². The van der Waals surface area contributed by atoms with E-state index in [2.05, 4.69) is 25.6 Å². The number of hydrogen-bond donors (Lipinski definition) is 1. The summed E-state index contributed by atoms with van der Waals surface area (Å²) in [6, 6.07) is 2.80. The number of nitrogens with zero attached hydrogens (tertiary/aromatic N) is 1. The van der Waals surface area contributed by atoms with Gasteiger partial charge in [0.25, 0.3) is 0 Å². The molecular formula is C7H4BrFN2O. The van der Waals surface area contributed by atoms with Gasteiger partial charge in [0.05, 0.1) is 9.86 Å². The van der Waals surface area contributed by atoms with Crippen molar-refractivity contribution in [2.24, 2.45) is 0 Å². The van der Waals surface area contributed by atoms with Crippen molar-refractivity contribution in [1.82, 2.24) is 5.16 Å². The van der Waals surface area contributed by atoms with Crippen LogP contribution in [0.1, 0.15) is 0 Å². The average molecular weight is 231 g/mol. The molecule has 0 atom stereocenters. The highest BCUT2D eigenvalue weighted by molar-refractivity contribution is 9.10. The summed E-state index contributed by atoms with van der Waals surface area (Å²) >= 11 is 3.03. The Kier molecular flexibility index (Phi) is 1.54. The summed E-state index contributed by atoms with van der Waals surface area (Å²) in [6.45, 7) is 0. The van der Waals surface area contributed by atoms with Gasteiger partial charge < -0.3 is 10.3 Å². The summed E-state index contributed by atoms with van der Waals surface area (Å²) in [5, 5.41) is 4.12. The summed E-state index contributed by atoms with van der Waals surface area (Å²) in [5.74, 6) is -0.242. The van der Waals surface area contributed by atoms with Gasteiger partial charge >= 0.3 is 0 Å². The van der Waals surface area contributed by atoms with Gasteiger partial charge in [-0.1, -0.05) is 5.16 Å². The Morgan fingerprint density at radius 3 is 3.00 bits per heavy atom. The molecule has 3 nitrogen and oxygen atoms in total. The fourth-order valence-corrected chi connectivity index (χ4v) is 1.29. The minimum Gasteiger partial charge on any atom is -0.367 e. The lowest BCUT2D eigenvalue weighted by Gasteiger charge is -1.91. The second-order valence-electron chi connectivity index (χ2n) is 2.33. The highest BCUT2D eigenvalue weighted by Gasteiger charge is 2.08.